The van der Waals surface area contributed by atoms with Crippen molar-refractivity contribution in [2.24, 2.45) is 0 Å². The number of hydrogen-bond donors (Lipinski definition) is 0. The third-order valence-electron chi connectivity index (χ3n) is 3.32. The van der Waals surface area contributed by atoms with Crippen LogP contribution in [0.15, 0.2) is 28.8 Å². The second kappa shape index (κ2) is 5.77. The van der Waals surface area contributed by atoms with E-state index in [1.54, 1.807) is 13.3 Å². The summed E-state index contributed by atoms with van der Waals surface area (Å²) in [5.74, 6) is 3.69. The Balaban J connectivity index is 2.06. The lowest BCUT2D eigenvalue weighted by atomic mass is 10.3. The van der Waals surface area contributed by atoms with Gasteiger partial charge in [0, 0.05) is 18.4 Å². The van der Waals surface area contributed by atoms with E-state index < -0.39 is 0 Å². The van der Waals surface area contributed by atoms with Crippen LogP contribution in [0.2, 0.25) is 0 Å². The molecular formula is C15H16ClN3O2. The van der Waals surface area contributed by atoms with Gasteiger partial charge < -0.3 is 13.7 Å². The van der Waals surface area contributed by atoms with Gasteiger partial charge in [-0.15, -0.1) is 11.6 Å². The molecular weight excluding hydrogens is 290 g/mol. The molecule has 0 spiro atoms. The summed E-state index contributed by atoms with van der Waals surface area (Å²) in [4.78, 5) is 8.90. The van der Waals surface area contributed by atoms with Crippen LogP contribution in [0, 0.1) is 6.92 Å². The van der Waals surface area contributed by atoms with Crippen LogP contribution in [-0.2, 0) is 13.0 Å². The Bertz CT molecular complexity index is 763. The summed E-state index contributed by atoms with van der Waals surface area (Å²) < 4.78 is 12.9. The van der Waals surface area contributed by atoms with Gasteiger partial charge in [-0.1, -0.05) is 0 Å². The number of imidazole rings is 1. The SMILES string of the molecule is COc1ccc2c(c1)nc(CCCl)n2Cc1ncc(C)o1. The first-order chi connectivity index (χ1) is 10.2. The maximum atomic E-state index is 5.88. The molecule has 2 heterocycles. The first-order valence-electron chi connectivity index (χ1n) is 6.71. The number of ether oxygens (including phenoxy) is 1. The van der Waals surface area contributed by atoms with Gasteiger partial charge in [0.2, 0.25) is 5.89 Å². The Morgan fingerprint density at radius 1 is 1.38 bits per heavy atom. The Morgan fingerprint density at radius 2 is 2.24 bits per heavy atom. The molecule has 0 saturated carbocycles. The Hall–Kier alpha value is -2.01. The smallest absolute Gasteiger partial charge is 0.214 e. The molecule has 0 radical (unpaired) electrons. The minimum Gasteiger partial charge on any atom is -0.497 e. The van der Waals surface area contributed by atoms with Gasteiger partial charge in [-0.2, -0.15) is 0 Å². The maximum Gasteiger partial charge on any atom is 0.214 e. The largest absolute Gasteiger partial charge is 0.497 e. The third kappa shape index (κ3) is 2.74. The summed E-state index contributed by atoms with van der Waals surface area (Å²) in [5, 5.41) is 0. The quantitative estimate of drug-likeness (QED) is 0.679. The van der Waals surface area contributed by atoms with Gasteiger partial charge in [-0.3, -0.25) is 0 Å². The molecule has 0 aliphatic rings. The number of methoxy groups -OCH3 is 1. The summed E-state index contributed by atoms with van der Waals surface area (Å²) in [6, 6.07) is 5.84. The van der Waals surface area contributed by atoms with Gasteiger partial charge in [0.15, 0.2) is 0 Å². The highest BCUT2D eigenvalue weighted by Gasteiger charge is 2.13. The highest BCUT2D eigenvalue weighted by atomic mass is 35.5. The fourth-order valence-corrected chi connectivity index (χ4v) is 2.52. The molecule has 3 aromatic rings. The van der Waals surface area contributed by atoms with Gasteiger partial charge in [0.05, 0.1) is 24.3 Å². The number of benzene rings is 1. The molecule has 0 atom stereocenters. The van der Waals surface area contributed by atoms with Crippen molar-refractivity contribution in [1.82, 2.24) is 14.5 Å². The number of hydrogen-bond acceptors (Lipinski definition) is 4. The molecule has 6 heteroatoms. The van der Waals surface area contributed by atoms with Crippen LogP contribution in [-0.4, -0.2) is 27.5 Å². The van der Waals surface area contributed by atoms with E-state index in [1.807, 2.05) is 25.1 Å². The van der Waals surface area contributed by atoms with Crippen LogP contribution >= 0.6 is 11.6 Å². The number of alkyl halides is 1. The zero-order valence-electron chi connectivity index (χ0n) is 12.0. The van der Waals surface area contributed by atoms with E-state index in [9.17, 15) is 0 Å². The van der Waals surface area contributed by atoms with Crippen LogP contribution < -0.4 is 4.74 Å². The van der Waals surface area contributed by atoms with Crippen LogP contribution in [0.3, 0.4) is 0 Å². The van der Waals surface area contributed by atoms with E-state index >= 15 is 0 Å². The average Bonchev–Trinajstić information content (AvgIpc) is 3.04. The number of oxazole rings is 1. The lowest BCUT2D eigenvalue weighted by Gasteiger charge is -2.06. The minimum atomic E-state index is 0.519. The second-order valence-electron chi connectivity index (χ2n) is 4.77. The normalized spacial score (nSPS) is 11.2. The number of halogens is 1. The van der Waals surface area contributed by atoms with Crippen LogP contribution in [0.25, 0.3) is 11.0 Å². The van der Waals surface area contributed by atoms with Crippen LogP contribution in [0.1, 0.15) is 17.5 Å². The summed E-state index contributed by atoms with van der Waals surface area (Å²) in [6.45, 7) is 2.43. The zero-order valence-corrected chi connectivity index (χ0v) is 12.7. The summed E-state index contributed by atoms with van der Waals surface area (Å²) in [5.41, 5.74) is 1.91. The predicted octanol–water partition coefficient (Wildman–Crippen LogP) is 3.17. The molecule has 0 N–H and O–H groups in total. The molecule has 0 fully saturated rings. The van der Waals surface area contributed by atoms with Gasteiger partial charge in [0.1, 0.15) is 23.9 Å². The molecule has 2 aromatic heterocycles. The second-order valence-corrected chi connectivity index (χ2v) is 5.15. The highest BCUT2D eigenvalue weighted by molar-refractivity contribution is 6.17. The van der Waals surface area contributed by atoms with Crippen molar-refractivity contribution >= 4 is 22.6 Å². The molecule has 3 rings (SSSR count). The number of nitrogens with zero attached hydrogens (tertiary/aromatic N) is 3. The molecule has 5 nitrogen and oxygen atoms in total. The number of fused-ring (bicyclic) bond motifs is 1. The van der Waals surface area contributed by atoms with Crippen LogP contribution in [0.4, 0.5) is 0 Å². The van der Waals surface area contributed by atoms with E-state index in [4.69, 9.17) is 20.8 Å². The van der Waals surface area contributed by atoms with Crippen molar-refractivity contribution < 1.29 is 9.15 Å². The number of rotatable bonds is 5. The fourth-order valence-electron chi connectivity index (χ4n) is 2.35. The fraction of sp³-hybridized carbons (Fsp3) is 0.333. The van der Waals surface area contributed by atoms with E-state index in [2.05, 4.69) is 14.5 Å². The van der Waals surface area contributed by atoms with E-state index in [-0.39, 0.29) is 0 Å². The molecule has 0 amide bonds. The van der Waals surface area contributed by atoms with Crippen molar-refractivity contribution in [2.75, 3.05) is 13.0 Å². The molecule has 0 bridgehead atoms. The summed E-state index contributed by atoms with van der Waals surface area (Å²) >= 11 is 5.88. The van der Waals surface area contributed by atoms with E-state index in [0.29, 0.717) is 24.7 Å². The standard InChI is InChI=1S/C15H16ClN3O2/c1-10-8-17-15(21-10)9-19-13-4-3-11(20-2)7-12(13)18-14(19)5-6-16/h3-4,7-8H,5-6,9H2,1-2H3. The lowest BCUT2D eigenvalue weighted by molar-refractivity contribution is 0.415. The van der Waals surface area contributed by atoms with E-state index in [1.165, 1.54) is 0 Å². The van der Waals surface area contributed by atoms with Gasteiger partial charge >= 0.3 is 0 Å². The molecule has 1 aromatic carbocycles. The summed E-state index contributed by atoms with van der Waals surface area (Å²) in [7, 11) is 1.65. The lowest BCUT2D eigenvalue weighted by Crippen LogP contribution is -2.06. The van der Waals surface area contributed by atoms with Crippen molar-refractivity contribution in [1.29, 1.82) is 0 Å². The topological polar surface area (TPSA) is 53.1 Å². The average molecular weight is 306 g/mol. The molecule has 0 aliphatic heterocycles. The van der Waals surface area contributed by atoms with Crippen LogP contribution in [0.5, 0.6) is 5.75 Å². The Morgan fingerprint density at radius 3 is 2.90 bits per heavy atom. The minimum absolute atomic E-state index is 0.519. The van der Waals surface area contributed by atoms with Gasteiger partial charge in [-0.05, 0) is 19.1 Å². The number of aromatic nitrogens is 3. The van der Waals surface area contributed by atoms with Crippen molar-refractivity contribution in [3.63, 3.8) is 0 Å². The third-order valence-corrected chi connectivity index (χ3v) is 3.50. The monoisotopic (exact) mass is 305 g/mol. The maximum absolute atomic E-state index is 5.88. The first-order valence-corrected chi connectivity index (χ1v) is 7.25. The predicted molar refractivity (Wildman–Crippen MR) is 81.1 cm³/mol. The zero-order chi connectivity index (χ0) is 14.8. The van der Waals surface area contributed by atoms with Gasteiger partial charge in [0.25, 0.3) is 0 Å². The van der Waals surface area contributed by atoms with Crippen molar-refractivity contribution in [3.05, 3.63) is 41.9 Å². The molecule has 0 saturated heterocycles. The Kier molecular flexibility index (Phi) is 3.84. The van der Waals surface area contributed by atoms with Gasteiger partial charge in [-0.25, -0.2) is 9.97 Å². The highest BCUT2D eigenvalue weighted by Crippen LogP contribution is 2.23. The molecule has 21 heavy (non-hydrogen) atoms. The van der Waals surface area contributed by atoms with Crippen molar-refractivity contribution in [2.45, 2.75) is 19.9 Å². The first kappa shape index (κ1) is 13.9. The molecule has 0 unspecified atom stereocenters. The summed E-state index contributed by atoms with van der Waals surface area (Å²) in [6.07, 6.45) is 2.41. The van der Waals surface area contributed by atoms with Crippen molar-refractivity contribution in [3.8, 4) is 5.75 Å². The van der Waals surface area contributed by atoms with E-state index in [0.717, 1.165) is 28.4 Å². The molecule has 0 aliphatic carbocycles. The number of aryl methyl sites for hydroxylation is 2. The molecule has 110 valence electrons. The Labute approximate surface area is 127 Å².